The summed E-state index contributed by atoms with van der Waals surface area (Å²) in [5, 5.41) is 0. The SMILES string of the molecule is CCOC(=O)CC(=O)Nn1cc(Br)c(C)c1C(=O)OCC. The molecule has 0 aliphatic rings. The average Bonchev–Trinajstić information content (AvgIpc) is 2.64. The van der Waals surface area contributed by atoms with Crippen molar-refractivity contribution in [3.8, 4) is 0 Å². The molecule has 0 saturated heterocycles. The lowest BCUT2D eigenvalue weighted by Gasteiger charge is -2.10. The molecule has 116 valence electrons. The molecule has 1 heterocycles. The molecule has 21 heavy (non-hydrogen) atoms. The second-order valence-corrected chi connectivity index (χ2v) is 4.91. The van der Waals surface area contributed by atoms with Crippen LogP contribution in [-0.2, 0) is 19.1 Å². The third kappa shape index (κ3) is 4.59. The van der Waals surface area contributed by atoms with Crippen LogP contribution in [0.25, 0.3) is 0 Å². The normalized spacial score (nSPS) is 10.1. The van der Waals surface area contributed by atoms with E-state index in [2.05, 4.69) is 26.1 Å². The Kier molecular flexibility index (Phi) is 6.41. The maximum absolute atomic E-state index is 11.9. The van der Waals surface area contributed by atoms with Gasteiger partial charge in [-0.1, -0.05) is 0 Å². The van der Waals surface area contributed by atoms with Gasteiger partial charge in [0.25, 0.3) is 0 Å². The van der Waals surface area contributed by atoms with Gasteiger partial charge in [-0.25, -0.2) is 4.79 Å². The number of hydrogen-bond donors (Lipinski definition) is 1. The van der Waals surface area contributed by atoms with Crippen LogP contribution in [0.5, 0.6) is 0 Å². The van der Waals surface area contributed by atoms with Crippen LogP contribution in [0.3, 0.4) is 0 Å². The highest BCUT2D eigenvalue weighted by Gasteiger charge is 2.21. The van der Waals surface area contributed by atoms with E-state index in [4.69, 9.17) is 4.74 Å². The predicted octanol–water partition coefficient (Wildman–Crippen LogP) is 1.76. The first kappa shape index (κ1) is 17.2. The lowest BCUT2D eigenvalue weighted by atomic mass is 10.3. The van der Waals surface area contributed by atoms with E-state index >= 15 is 0 Å². The van der Waals surface area contributed by atoms with Crippen molar-refractivity contribution in [1.82, 2.24) is 4.68 Å². The average molecular weight is 361 g/mol. The molecule has 1 N–H and O–H groups in total. The Labute approximate surface area is 130 Å². The molecule has 8 heteroatoms. The van der Waals surface area contributed by atoms with Crippen LogP contribution in [0.4, 0.5) is 0 Å². The van der Waals surface area contributed by atoms with E-state index in [1.807, 2.05) is 0 Å². The second kappa shape index (κ2) is 7.82. The van der Waals surface area contributed by atoms with Crippen molar-refractivity contribution in [2.45, 2.75) is 27.2 Å². The zero-order valence-electron chi connectivity index (χ0n) is 12.1. The van der Waals surface area contributed by atoms with Gasteiger partial charge in [-0.15, -0.1) is 0 Å². The molecule has 0 bridgehead atoms. The number of nitrogens with zero attached hydrogens (tertiary/aromatic N) is 1. The fourth-order valence-corrected chi connectivity index (χ4v) is 2.02. The van der Waals surface area contributed by atoms with Crippen molar-refractivity contribution in [3.63, 3.8) is 0 Å². The molecular weight excluding hydrogens is 344 g/mol. The summed E-state index contributed by atoms with van der Waals surface area (Å²) >= 11 is 3.28. The summed E-state index contributed by atoms with van der Waals surface area (Å²) in [5.74, 6) is -1.77. The van der Waals surface area contributed by atoms with Crippen LogP contribution in [0.1, 0.15) is 36.3 Å². The highest BCUT2D eigenvalue weighted by atomic mass is 79.9. The molecule has 0 aromatic carbocycles. The molecule has 0 aliphatic carbocycles. The summed E-state index contributed by atoms with van der Waals surface area (Å²) in [4.78, 5) is 34.9. The summed E-state index contributed by atoms with van der Waals surface area (Å²) in [6.07, 6.45) is 1.09. The predicted molar refractivity (Wildman–Crippen MR) is 78.4 cm³/mol. The molecule has 1 rings (SSSR count). The third-order valence-corrected chi connectivity index (χ3v) is 3.32. The Morgan fingerprint density at radius 1 is 1.24 bits per heavy atom. The number of carbonyl (C=O) groups excluding carboxylic acids is 3. The van der Waals surface area contributed by atoms with Gasteiger partial charge in [0.2, 0.25) is 5.91 Å². The van der Waals surface area contributed by atoms with Gasteiger partial charge in [-0.2, -0.15) is 0 Å². The molecule has 0 atom stereocenters. The van der Waals surface area contributed by atoms with E-state index in [0.717, 1.165) is 0 Å². The first-order chi connectivity index (χ1) is 9.90. The number of aromatic nitrogens is 1. The van der Waals surface area contributed by atoms with Crippen molar-refractivity contribution in [2.75, 3.05) is 18.6 Å². The monoisotopic (exact) mass is 360 g/mol. The number of nitrogens with one attached hydrogen (secondary N) is 1. The van der Waals surface area contributed by atoms with E-state index in [1.165, 1.54) is 10.9 Å². The quantitative estimate of drug-likeness (QED) is 0.616. The fraction of sp³-hybridized carbons (Fsp3) is 0.462. The zero-order chi connectivity index (χ0) is 16.0. The van der Waals surface area contributed by atoms with Gasteiger partial charge < -0.3 is 9.47 Å². The van der Waals surface area contributed by atoms with E-state index in [-0.39, 0.29) is 18.9 Å². The molecule has 1 aromatic rings. The van der Waals surface area contributed by atoms with Crippen LogP contribution in [-0.4, -0.2) is 35.7 Å². The topological polar surface area (TPSA) is 86.6 Å². The Bertz CT molecular complexity index is 553. The van der Waals surface area contributed by atoms with Gasteiger partial charge in [-0.3, -0.25) is 19.7 Å². The van der Waals surface area contributed by atoms with E-state index in [1.54, 1.807) is 20.8 Å². The molecule has 0 saturated carbocycles. The Morgan fingerprint density at radius 2 is 1.86 bits per heavy atom. The zero-order valence-corrected chi connectivity index (χ0v) is 13.7. The smallest absolute Gasteiger partial charge is 0.357 e. The second-order valence-electron chi connectivity index (χ2n) is 4.06. The largest absolute Gasteiger partial charge is 0.466 e. The van der Waals surface area contributed by atoms with Crippen LogP contribution < -0.4 is 5.43 Å². The molecule has 0 fully saturated rings. The van der Waals surface area contributed by atoms with Gasteiger partial charge >= 0.3 is 11.9 Å². The fourth-order valence-electron chi connectivity index (χ4n) is 1.62. The molecule has 1 aromatic heterocycles. The van der Waals surface area contributed by atoms with E-state index in [9.17, 15) is 14.4 Å². The summed E-state index contributed by atoms with van der Waals surface area (Å²) in [6, 6.07) is 0. The summed E-state index contributed by atoms with van der Waals surface area (Å²) in [5.41, 5.74) is 3.27. The van der Waals surface area contributed by atoms with Crippen molar-refractivity contribution < 1.29 is 23.9 Å². The van der Waals surface area contributed by atoms with Crippen LogP contribution in [0, 0.1) is 6.92 Å². The first-order valence-electron chi connectivity index (χ1n) is 6.40. The minimum atomic E-state index is -0.629. The number of rotatable bonds is 6. The van der Waals surface area contributed by atoms with E-state index in [0.29, 0.717) is 10.0 Å². The maximum atomic E-state index is 11.9. The first-order valence-corrected chi connectivity index (χ1v) is 7.20. The number of ether oxygens (including phenoxy) is 2. The molecular formula is C13H17BrN2O5. The maximum Gasteiger partial charge on any atom is 0.357 e. The standard InChI is InChI=1S/C13H17BrN2O5/c1-4-20-11(18)6-10(17)15-16-7-9(14)8(3)12(16)13(19)21-5-2/h7H,4-6H2,1-3H3,(H,15,17). The number of carbonyl (C=O) groups is 3. The summed E-state index contributed by atoms with van der Waals surface area (Å²) in [7, 11) is 0. The van der Waals surface area contributed by atoms with E-state index < -0.39 is 24.3 Å². The van der Waals surface area contributed by atoms with Crippen LogP contribution >= 0.6 is 15.9 Å². The Hall–Kier alpha value is -1.83. The summed E-state index contributed by atoms with van der Waals surface area (Å²) < 4.78 is 11.5. The van der Waals surface area contributed by atoms with Gasteiger partial charge in [0.1, 0.15) is 6.42 Å². The number of halogens is 1. The Morgan fingerprint density at radius 3 is 2.43 bits per heavy atom. The molecule has 0 radical (unpaired) electrons. The summed E-state index contributed by atoms with van der Waals surface area (Å²) in [6.45, 7) is 5.48. The highest BCUT2D eigenvalue weighted by Crippen LogP contribution is 2.22. The van der Waals surface area contributed by atoms with Crippen LogP contribution in [0.2, 0.25) is 0 Å². The van der Waals surface area contributed by atoms with Crippen molar-refractivity contribution >= 4 is 33.8 Å². The van der Waals surface area contributed by atoms with Crippen molar-refractivity contribution in [2.24, 2.45) is 0 Å². The lowest BCUT2D eigenvalue weighted by molar-refractivity contribution is -0.145. The third-order valence-electron chi connectivity index (χ3n) is 2.52. The van der Waals surface area contributed by atoms with Gasteiger partial charge in [0.15, 0.2) is 5.69 Å². The number of amides is 1. The minimum Gasteiger partial charge on any atom is -0.466 e. The van der Waals surface area contributed by atoms with Crippen molar-refractivity contribution in [1.29, 1.82) is 0 Å². The molecule has 0 unspecified atom stereocenters. The number of esters is 2. The Balaban J connectivity index is 2.88. The van der Waals surface area contributed by atoms with Gasteiger partial charge in [0, 0.05) is 10.7 Å². The highest BCUT2D eigenvalue weighted by molar-refractivity contribution is 9.10. The molecule has 0 aliphatic heterocycles. The number of hydrogen-bond acceptors (Lipinski definition) is 5. The minimum absolute atomic E-state index is 0.195. The van der Waals surface area contributed by atoms with Crippen LogP contribution in [0.15, 0.2) is 10.7 Å². The molecule has 0 spiro atoms. The lowest BCUT2D eigenvalue weighted by Crippen LogP contribution is -2.28. The van der Waals surface area contributed by atoms with Gasteiger partial charge in [0.05, 0.1) is 13.2 Å². The van der Waals surface area contributed by atoms with Gasteiger partial charge in [-0.05, 0) is 42.3 Å². The van der Waals surface area contributed by atoms with Crippen molar-refractivity contribution in [3.05, 3.63) is 21.9 Å². The molecule has 1 amide bonds. The molecule has 7 nitrogen and oxygen atoms in total.